The van der Waals surface area contributed by atoms with Gasteiger partial charge in [0.05, 0.1) is 0 Å². The van der Waals surface area contributed by atoms with Crippen LogP contribution in [0.4, 0.5) is 0 Å². The summed E-state index contributed by atoms with van der Waals surface area (Å²) in [6.45, 7) is 0. The second-order valence-electron chi connectivity index (χ2n) is 0. The molecule has 0 bridgehead atoms. The SMILES string of the molecule is I.I.I.I.[Cl-].[Cl-].[Cl-].[Cl-].[Ti+4]. The van der Waals surface area contributed by atoms with Crippen LogP contribution >= 0.6 is 95.9 Å². The van der Waals surface area contributed by atoms with E-state index in [2.05, 4.69) is 0 Å². The van der Waals surface area contributed by atoms with Crippen LogP contribution in [0, 0.1) is 0 Å². The van der Waals surface area contributed by atoms with Gasteiger partial charge in [0.1, 0.15) is 0 Å². The van der Waals surface area contributed by atoms with Crippen LogP contribution in [0.15, 0.2) is 0 Å². The number of hydrogen-bond acceptors (Lipinski definition) is 0. The second-order valence-corrected chi connectivity index (χ2v) is 0. The first-order valence-electron chi connectivity index (χ1n) is 0. The predicted molar refractivity (Wildman–Crippen MR) is 61.7 cm³/mol. The summed E-state index contributed by atoms with van der Waals surface area (Å²) in [7, 11) is 0. The van der Waals surface area contributed by atoms with Gasteiger partial charge in [-0.1, -0.05) is 0 Å². The van der Waals surface area contributed by atoms with E-state index in [9.17, 15) is 0 Å². The smallest absolute Gasteiger partial charge is 1.00 e. The van der Waals surface area contributed by atoms with Crippen LogP contribution in [0.3, 0.4) is 0 Å². The van der Waals surface area contributed by atoms with Crippen LogP contribution in [0.5, 0.6) is 0 Å². The Bertz CT molecular complexity index is 12.5. The molecule has 0 saturated heterocycles. The molecule has 0 aliphatic carbocycles. The Hall–Kier alpha value is 4.79. The Morgan fingerprint density at radius 2 is 0.333 bits per heavy atom. The van der Waals surface area contributed by atoms with Gasteiger partial charge in [0.25, 0.3) is 0 Å². The summed E-state index contributed by atoms with van der Waals surface area (Å²) in [5, 5.41) is 0. The predicted octanol–water partition coefficient (Wildman–Crippen LogP) is -9.51. The van der Waals surface area contributed by atoms with Crippen LogP contribution in [-0.4, -0.2) is 0 Å². The molecule has 0 aliphatic rings. The quantitative estimate of drug-likeness (QED) is 0.174. The molecule has 0 aliphatic heterocycles. The van der Waals surface area contributed by atoms with E-state index in [1.807, 2.05) is 0 Å². The van der Waals surface area contributed by atoms with E-state index in [1.165, 1.54) is 0 Å². The maximum atomic E-state index is 0. The first-order valence-corrected chi connectivity index (χ1v) is 0. The van der Waals surface area contributed by atoms with Crippen molar-refractivity contribution < 1.29 is 71.3 Å². The molecule has 0 atom stereocenters. The van der Waals surface area contributed by atoms with E-state index in [0.29, 0.717) is 0 Å². The first-order chi connectivity index (χ1) is 0. The third-order valence-corrected chi connectivity index (χ3v) is 0. The molecule has 9 heavy (non-hydrogen) atoms. The zero-order valence-corrected chi connectivity index (χ0v) is 17.6. The van der Waals surface area contributed by atoms with Gasteiger partial charge in [-0.05, 0) is 0 Å². The van der Waals surface area contributed by atoms with Crippen molar-refractivity contribution in [2.75, 3.05) is 0 Å². The molecule has 0 amide bonds. The minimum absolute atomic E-state index is 0. The Kier molecular flexibility index (Phi) is 845. The topological polar surface area (TPSA) is 0 Å². The molecule has 0 unspecified atom stereocenters. The van der Waals surface area contributed by atoms with Gasteiger partial charge in [0.15, 0.2) is 0 Å². The van der Waals surface area contributed by atoms with Crippen LogP contribution in [0.1, 0.15) is 0 Å². The summed E-state index contributed by atoms with van der Waals surface area (Å²) in [4.78, 5) is 0. The van der Waals surface area contributed by atoms with Crippen molar-refractivity contribution in [1.29, 1.82) is 0 Å². The molecule has 0 aromatic heterocycles. The molecule has 64 valence electrons. The summed E-state index contributed by atoms with van der Waals surface area (Å²) in [6.07, 6.45) is 0. The monoisotopic (exact) mass is 699 g/mol. The molecular weight excluding hydrogens is 697 g/mol. The molecule has 0 aromatic carbocycles. The molecule has 0 heterocycles. The summed E-state index contributed by atoms with van der Waals surface area (Å²) < 4.78 is 0. The summed E-state index contributed by atoms with van der Waals surface area (Å²) in [6, 6.07) is 0. The van der Waals surface area contributed by atoms with E-state index in [-0.39, 0.29) is 167 Å². The molecule has 0 nitrogen and oxygen atoms in total. The summed E-state index contributed by atoms with van der Waals surface area (Å²) in [5.74, 6) is 0. The van der Waals surface area contributed by atoms with Crippen molar-refractivity contribution in [1.82, 2.24) is 0 Å². The molecule has 0 spiro atoms. The van der Waals surface area contributed by atoms with E-state index in [1.54, 1.807) is 0 Å². The van der Waals surface area contributed by atoms with Gasteiger partial charge < -0.3 is 49.6 Å². The maximum Gasteiger partial charge on any atom is 4.00 e. The standard InChI is InChI=1S/4ClH.4HI.Ti/h8*1H;/q;;;;;;;;+4/p-4. The van der Waals surface area contributed by atoms with Gasteiger partial charge >= 0.3 is 21.7 Å². The van der Waals surface area contributed by atoms with E-state index < -0.39 is 0 Å². The third-order valence-electron chi connectivity index (χ3n) is 0. The summed E-state index contributed by atoms with van der Waals surface area (Å²) in [5.41, 5.74) is 0. The van der Waals surface area contributed by atoms with E-state index in [0.717, 1.165) is 0 Å². The Labute approximate surface area is 164 Å². The molecule has 9 heteroatoms. The van der Waals surface area contributed by atoms with Gasteiger partial charge in [0.2, 0.25) is 0 Å². The average Bonchev–Trinajstić information content (AvgIpc) is 0. The normalized spacial score (nSPS) is 0. The molecule has 0 rings (SSSR count). The fraction of sp³-hybridized carbons (Fsp3) is 0. The zero-order chi connectivity index (χ0) is 0. The molecule has 0 aromatic rings. The largest absolute Gasteiger partial charge is 4.00 e. The minimum Gasteiger partial charge on any atom is -1.00 e. The van der Waals surface area contributed by atoms with Gasteiger partial charge in [-0.3, -0.25) is 0 Å². The average molecular weight is 701 g/mol. The maximum absolute atomic E-state index is 0. The van der Waals surface area contributed by atoms with Crippen molar-refractivity contribution >= 4 is 95.9 Å². The van der Waals surface area contributed by atoms with Gasteiger partial charge in [-0.2, -0.15) is 0 Å². The van der Waals surface area contributed by atoms with Crippen LogP contribution in [0.2, 0.25) is 0 Å². The van der Waals surface area contributed by atoms with Gasteiger partial charge in [-0.25, -0.2) is 0 Å². The number of halogens is 8. The van der Waals surface area contributed by atoms with Crippen LogP contribution < -0.4 is 49.6 Å². The second kappa shape index (κ2) is 77.4. The molecule has 0 fully saturated rings. The fourth-order valence-corrected chi connectivity index (χ4v) is 0. The van der Waals surface area contributed by atoms with Crippen molar-refractivity contribution in [3.63, 3.8) is 0 Å². The molecular formula is H4Cl4I4Ti. The van der Waals surface area contributed by atoms with Gasteiger partial charge in [-0.15, -0.1) is 95.9 Å². The number of hydrogen-bond donors (Lipinski definition) is 0. The van der Waals surface area contributed by atoms with Crippen molar-refractivity contribution in [3.8, 4) is 0 Å². The Morgan fingerprint density at radius 1 is 0.333 bits per heavy atom. The first kappa shape index (κ1) is 98.2. The Balaban J connectivity index is 0. The third kappa shape index (κ3) is 64.9. The molecule has 0 radical (unpaired) electrons. The van der Waals surface area contributed by atoms with E-state index in [4.69, 9.17) is 0 Å². The minimum atomic E-state index is 0. The molecule has 0 N–H and O–H groups in total. The van der Waals surface area contributed by atoms with E-state index >= 15 is 0 Å². The summed E-state index contributed by atoms with van der Waals surface area (Å²) >= 11 is 0. The van der Waals surface area contributed by atoms with Gasteiger partial charge in [0, 0.05) is 0 Å². The van der Waals surface area contributed by atoms with Crippen molar-refractivity contribution in [3.05, 3.63) is 0 Å². The zero-order valence-electron chi connectivity index (χ0n) is 3.64. The Morgan fingerprint density at radius 3 is 0.333 bits per heavy atom. The van der Waals surface area contributed by atoms with Crippen LogP contribution in [0.25, 0.3) is 0 Å². The molecule has 0 saturated carbocycles. The van der Waals surface area contributed by atoms with Crippen molar-refractivity contribution in [2.45, 2.75) is 0 Å². The number of rotatable bonds is 0. The fourth-order valence-electron chi connectivity index (χ4n) is 0. The van der Waals surface area contributed by atoms with Crippen molar-refractivity contribution in [2.24, 2.45) is 0 Å². The van der Waals surface area contributed by atoms with Crippen LogP contribution in [-0.2, 0) is 21.7 Å².